The minimum absolute atomic E-state index is 0.540. The molecule has 0 saturated heterocycles. The van der Waals surface area contributed by atoms with E-state index in [0.29, 0.717) is 5.92 Å². The molecule has 0 aliphatic rings. The summed E-state index contributed by atoms with van der Waals surface area (Å²) in [7, 11) is 0. The third kappa shape index (κ3) is 6.25. The van der Waals surface area contributed by atoms with Crippen LogP contribution in [0.25, 0.3) is 5.57 Å². The van der Waals surface area contributed by atoms with E-state index >= 15 is 0 Å². The molecule has 0 aliphatic heterocycles. The van der Waals surface area contributed by atoms with Crippen molar-refractivity contribution in [1.29, 1.82) is 0 Å². The van der Waals surface area contributed by atoms with Gasteiger partial charge in [-0.15, -0.1) is 0 Å². The maximum absolute atomic E-state index is 4.16. The lowest BCUT2D eigenvalue weighted by Gasteiger charge is -2.11. The monoisotopic (exact) mass is 235 g/mol. The molecule has 0 atom stereocenters. The first-order valence-corrected chi connectivity index (χ1v) is 6.74. The van der Waals surface area contributed by atoms with Crippen LogP contribution in [0.2, 0.25) is 0 Å². The predicted molar refractivity (Wildman–Crippen MR) is 80.3 cm³/mol. The zero-order valence-corrected chi connectivity index (χ0v) is 12.8. The average Bonchev–Trinajstić information content (AvgIpc) is 2.42. The van der Waals surface area contributed by atoms with E-state index in [1.807, 2.05) is 40.1 Å². The summed E-state index contributed by atoms with van der Waals surface area (Å²) in [5, 5.41) is 0. The Bertz CT molecular complexity index is 311. The van der Waals surface area contributed by atoms with Crippen LogP contribution in [-0.2, 0) is 0 Å². The maximum Gasteiger partial charge on any atom is 0.0308 e. The number of allylic oxidation sites excluding steroid dienone is 2. The van der Waals surface area contributed by atoms with Gasteiger partial charge in [-0.05, 0) is 42.5 Å². The van der Waals surface area contributed by atoms with Gasteiger partial charge in [-0.25, -0.2) is 0 Å². The van der Waals surface area contributed by atoms with Crippen molar-refractivity contribution in [2.24, 2.45) is 0 Å². The zero-order valence-electron chi connectivity index (χ0n) is 12.8. The molecule has 1 nitrogen and oxygen atoms in total. The van der Waals surface area contributed by atoms with E-state index in [9.17, 15) is 0 Å². The van der Waals surface area contributed by atoms with Crippen molar-refractivity contribution in [3.8, 4) is 0 Å². The molecule has 1 heteroatoms. The van der Waals surface area contributed by atoms with Crippen molar-refractivity contribution in [1.82, 2.24) is 4.98 Å². The highest BCUT2D eigenvalue weighted by molar-refractivity contribution is 5.66. The van der Waals surface area contributed by atoms with Crippen LogP contribution in [0.3, 0.4) is 0 Å². The Hall–Kier alpha value is -1.11. The lowest BCUT2D eigenvalue weighted by molar-refractivity contribution is 0.853. The van der Waals surface area contributed by atoms with Gasteiger partial charge < -0.3 is 0 Å². The molecule has 17 heavy (non-hydrogen) atoms. The molecule has 0 unspecified atom stereocenters. The molecule has 98 valence electrons. The molecule has 0 saturated carbocycles. The van der Waals surface area contributed by atoms with E-state index in [4.69, 9.17) is 0 Å². The summed E-state index contributed by atoms with van der Waals surface area (Å²) < 4.78 is 0. The Morgan fingerprint density at radius 2 is 1.71 bits per heavy atom. The summed E-state index contributed by atoms with van der Waals surface area (Å²) in [6.07, 6.45) is 5.96. The number of nitrogens with zero attached hydrogens (tertiary/aromatic N) is 1. The first kappa shape index (κ1) is 18.3. The molecule has 1 aromatic rings. The fourth-order valence-electron chi connectivity index (χ4n) is 1.38. The summed E-state index contributed by atoms with van der Waals surface area (Å²) in [6, 6.07) is 2.09. The fourth-order valence-corrected chi connectivity index (χ4v) is 1.38. The van der Waals surface area contributed by atoms with Gasteiger partial charge in [-0.3, -0.25) is 4.98 Å². The van der Waals surface area contributed by atoms with E-state index < -0.39 is 0 Å². The van der Waals surface area contributed by atoms with E-state index in [0.717, 1.165) is 0 Å². The maximum atomic E-state index is 4.16. The van der Waals surface area contributed by atoms with Crippen LogP contribution >= 0.6 is 0 Å². The number of rotatable bonds is 2. The van der Waals surface area contributed by atoms with Crippen LogP contribution in [0.15, 0.2) is 24.5 Å². The molecule has 0 aliphatic carbocycles. The van der Waals surface area contributed by atoms with Crippen molar-refractivity contribution in [2.45, 2.75) is 61.3 Å². The highest BCUT2D eigenvalue weighted by Gasteiger charge is 2.06. The van der Waals surface area contributed by atoms with Crippen LogP contribution < -0.4 is 0 Å². The Balaban J connectivity index is 0. The van der Waals surface area contributed by atoms with Gasteiger partial charge in [0, 0.05) is 12.4 Å². The molecule has 0 amide bonds. The van der Waals surface area contributed by atoms with Gasteiger partial charge >= 0.3 is 0 Å². The van der Waals surface area contributed by atoms with Crippen molar-refractivity contribution in [3.05, 3.63) is 35.7 Å². The normalized spacial score (nSPS) is 10.1. The van der Waals surface area contributed by atoms with Gasteiger partial charge in [0.2, 0.25) is 0 Å². The van der Waals surface area contributed by atoms with Crippen molar-refractivity contribution >= 4 is 5.57 Å². The summed E-state index contributed by atoms with van der Waals surface area (Å²) in [4.78, 5) is 4.16. The Morgan fingerprint density at radius 1 is 1.18 bits per heavy atom. The topological polar surface area (TPSA) is 12.9 Å². The predicted octanol–water partition coefficient (Wildman–Crippen LogP) is 5.68. The number of hydrogen-bond donors (Lipinski definition) is 0. The molecule has 1 rings (SSSR count). The third-order valence-electron chi connectivity index (χ3n) is 2.33. The Labute approximate surface area is 108 Å². The van der Waals surface area contributed by atoms with Gasteiger partial charge in [0.05, 0.1) is 0 Å². The van der Waals surface area contributed by atoms with Crippen LogP contribution in [0.5, 0.6) is 0 Å². The van der Waals surface area contributed by atoms with E-state index in [2.05, 4.69) is 44.8 Å². The second-order valence-corrected chi connectivity index (χ2v) is 3.59. The first-order valence-electron chi connectivity index (χ1n) is 6.74. The number of hydrogen-bond acceptors (Lipinski definition) is 1. The van der Waals surface area contributed by atoms with Gasteiger partial charge in [0.1, 0.15) is 0 Å². The lowest BCUT2D eigenvalue weighted by atomic mass is 9.95. The molecular formula is C16H29N. The van der Waals surface area contributed by atoms with Crippen LogP contribution in [0.4, 0.5) is 0 Å². The van der Waals surface area contributed by atoms with Crippen molar-refractivity contribution in [2.75, 3.05) is 0 Å². The molecular weight excluding hydrogens is 206 g/mol. The van der Waals surface area contributed by atoms with Gasteiger partial charge in [0.15, 0.2) is 0 Å². The summed E-state index contributed by atoms with van der Waals surface area (Å²) >= 11 is 0. The Morgan fingerprint density at radius 3 is 2.12 bits per heavy atom. The molecule has 0 aromatic carbocycles. The van der Waals surface area contributed by atoms with Crippen molar-refractivity contribution in [3.63, 3.8) is 0 Å². The van der Waals surface area contributed by atoms with Crippen LogP contribution in [-0.4, -0.2) is 4.98 Å². The number of pyridine rings is 1. The molecule has 1 heterocycles. The van der Waals surface area contributed by atoms with Gasteiger partial charge in [0.25, 0.3) is 0 Å². The summed E-state index contributed by atoms with van der Waals surface area (Å²) in [5.74, 6) is 0.540. The molecule has 0 fully saturated rings. The van der Waals surface area contributed by atoms with E-state index in [1.54, 1.807) is 0 Å². The summed E-state index contributed by atoms with van der Waals surface area (Å²) in [6.45, 7) is 16.6. The highest BCUT2D eigenvalue weighted by Crippen LogP contribution is 2.23. The number of aromatic nitrogens is 1. The van der Waals surface area contributed by atoms with Crippen LogP contribution in [0.1, 0.15) is 72.4 Å². The van der Waals surface area contributed by atoms with E-state index in [1.165, 1.54) is 16.7 Å². The second kappa shape index (κ2) is 11.4. The Kier molecular flexibility index (Phi) is 12.2. The fraction of sp³-hybridized carbons (Fsp3) is 0.562. The van der Waals surface area contributed by atoms with Crippen molar-refractivity contribution < 1.29 is 0 Å². The quantitative estimate of drug-likeness (QED) is 0.642. The highest BCUT2D eigenvalue weighted by atomic mass is 14.6. The average molecular weight is 235 g/mol. The SMILES string of the molecule is C/C=C(/C)c1ccncc1C(C)C.CC.CC. The molecule has 0 radical (unpaired) electrons. The molecule has 0 N–H and O–H groups in total. The second-order valence-electron chi connectivity index (χ2n) is 3.59. The van der Waals surface area contributed by atoms with E-state index in [-0.39, 0.29) is 0 Å². The minimum atomic E-state index is 0.540. The molecule has 0 bridgehead atoms. The van der Waals surface area contributed by atoms with Crippen LogP contribution in [0, 0.1) is 0 Å². The van der Waals surface area contributed by atoms with Gasteiger partial charge in [-0.2, -0.15) is 0 Å². The smallest absolute Gasteiger partial charge is 0.0308 e. The molecule has 1 aromatic heterocycles. The molecule has 0 spiro atoms. The third-order valence-corrected chi connectivity index (χ3v) is 2.33. The first-order chi connectivity index (χ1) is 8.16. The largest absolute Gasteiger partial charge is 0.264 e. The minimum Gasteiger partial charge on any atom is -0.264 e. The zero-order chi connectivity index (χ0) is 13.8. The standard InChI is InChI=1S/C12H17N.2C2H6/c1-5-10(4)11-6-7-13-8-12(11)9(2)3;2*1-2/h5-9H,1-4H3;2*1-2H3/b10-5-;;. The lowest BCUT2D eigenvalue weighted by Crippen LogP contribution is -1.95. The van der Waals surface area contributed by atoms with Gasteiger partial charge in [-0.1, -0.05) is 47.6 Å². The summed E-state index contributed by atoms with van der Waals surface area (Å²) in [5.41, 5.74) is 3.98.